The molecule has 1 saturated heterocycles. The van der Waals surface area contributed by atoms with Crippen molar-refractivity contribution in [3.05, 3.63) is 34.9 Å². The van der Waals surface area contributed by atoms with Gasteiger partial charge in [-0.3, -0.25) is 19.7 Å². The SMILES string of the molecule is O=C1CCC(N2Cc3c(C#CCOCCCCCCCO)cccc3C2=O)C(=O)N1. The van der Waals surface area contributed by atoms with E-state index in [2.05, 4.69) is 17.2 Å². The van der Waals surface area contributed by atoms with Crippen molar-refractivity contribution >= 4 is 17.7 Å². The van der Waals surface area contributed by atoms with E-state index < -0.39 is 11.9 Å². The van der Waals surface area contributed by atoms with Crippen molar-refractivity contribution in [3.8, 4) is 11.8 Å². The number of aliphatic hydroxyl groups is 1. The summed E-state index contributed by atoms with van der Waals surface area (Å²) in [6.07, 6.45) is 5.65. The van der Waals surface area contributed by atoms with Crippen molar-refractivity contribution in [2.75, 3.05) is 19.8 Å². The number of nitrogens with zero attached hydrogens (tertiary/aromatic N) is 1. The van der Waals surface area contributed by atoms with E-state index in [0.717, 1.165) is 43.2 Å². The van der Waals surface area contributed by atoms with E-state index in [1.165, 1.54) is 4.90 Å². The molecular weight excluding hydrogens is 384 g/mol. The van der Waals surface area contributed by atoms with Gasteiger partial charge in [0.15, 0.2) is 0 Å². The molecule has 0 saturated carbocycles. The number of benzene rings is 1. The Kier molecular flexibility index (Phi) is 8.00. The lowest BCUT2D eigenvalue weighted by atomic mass is 10.0. The summed E-state index contributed by atoms with van der Waals surface area (Å²) in [6.45, 7) is 1.56. The second kappa shape index (κ2) is 10.9. The van der Waals surface area contributed by atoms with E-state index in [4.69, 9.17) is 9.84 Å². The molecule has 3 rings (SSSR count). The van der Waals surface area contributed by atoms with Crippen molar-refractivity contribution in [2.45, 2.75) is 57.5 Å². The average molecular weight is 412 g/mol. The first kappa shape index (κ1) is 22.0. The summed E-state index contributed by atoms with van der Waals surface area (Å²) in [7, 11) is 0. The molecule has 7 nitrogen and oxygen atoms in total. The summed E-state index contributed by atoms with van der Waals surface area (Å²) in [5.41, 5.74) is 2.15. The number of unbranched alkanes of at least 4 members (excludes halogenated alkanes) is 4. The molecular formula is C23H28N2O5. The van der Waals surface area contributed by atoms with Crippen LogP contribution in [0.15, 0.2) is 18.2 Å². The molecule has 0 spiro atoms. The zero-order valence-corrected chi connectivity index (χ0v) is 17.1. The maximum Gasteiger partial charge on any atom is 0.255 e. The maximum absolute atomic E-state index is 12.8. The Balaban J connectivity index is 1.52. The molecule has 1 aromatic rings. The molecule has 1 atom stereocenters. The number of hydrogen-bond acceptors (Lipinski definition) is 5. The van der Waals surface area contributed by atoms with Gasteiger partial charge in [-0.1, -0.05) is 37.2 Å². The number of amides is 3. The number of piperidine rings is 1. The summed E-state index contributed by atoms with van der Waals surface area (Å²) in [4.78, 5) is 37.9. The van der Waals surface area contributed by atoms with Gasteiger partial charge in [0, 0.05) is 37.3 Å². The Morgan fingerprint density at radius 2 is 1.93 bits per heavy atom. The lowest BCUT2D eigenvalue weighted by Crippen LogP contribution is -2.52. The van der Waals surface area contributed by atoms with Gasteiger partial charge in [-0.05, 0) is 37.0 Å². The van der Waals surface area contributed by atoms with Gasteiger partial charge in [0.05, 0.1) is 0 Å². The van der Waals surface area contributed by atoms with Crippen LogP contribution in [0, 0.1) is 11.8 Å². The van der Waals surface area contributed by atoms with Gasteiger partial charge in [-0.15, -0.1) is 0 Å². The van der Waals surface area contributed by atoms with Gasteiger partial charge >= 0.3 is 0 Å². The third-order valence-corrected chi connectivity index (χ3v) is 5.43. The lowest BCUT2D eigenvalue weighted by molar-refractivity contribution is -0.136. The fourth-order valence-corrected chi connectivity index (χ4v) is 3.80. The molecule has 3 amide bonds. The normalized spacial score (nSPS) is 18.1. The predicted octanol–water partition coefficient (Wildman–Crippen LogP) is 1.76. The number of aliphatic hydroxyl groups excluding tert-OH is 1. The largest absolute Gasteiger partial charge is 0.396 e. The first-order valence-corrected chi connectivity index (χ1v) is 10.6. The summed E-state index contributed by atoms with van der Waals surface area (Å²) in [5, 5.41) is 11.1. The molecule has 1 unspecified atom stereocenters. The van der Waals surface area contributed by atoms with Gasteiger partial charge in [0.2, 0.25) is 11.8 Å². The fraction of sp³-hybridized carbons (Fsp3) is 0.522. The molecule has 2 heterocycles. The standard InChI is InChI=1S/C23H28N2O5/c26-13-4-2-1-3-5-14-30-15-7-9-17-8-6-10-18-19(17)16-25(23(18)29)20-11-12-21(27)24-22(20)28/h6,8,10,20,26H,1-5,11-16H2,(H,24,27,28). The van der Waals surface area contributed by atoms with Crippen LogP contribution >= 0.6 is 0 Å². The number of hydrogen-bond donors (Lipinski definition) is 2. The van der Waals surface area contributed by atoms with E-state index in [1.54, 1.807) is 12.1 Å². The first-order valence-electron chi connectivity index (χ1n) is 10.6. The molecule has 2 aliphatic heterocycles. The minimum absolute atomic E-state index is 0.194. The number of fused-ring (bicyclic) bond motifs is 1. The molecule has 2 aliphatic rings. The van der Waals surface area contributed by atoms with Crippen LogP contribution in [0.5, 0.6) is 0 Å². The molecule has 0 bridgehead atoms. The Bertz CT molecular complexity index is 855. The molecule has 2 N–H and O–H groups in total. The van der Waals surface area contributed by atoms with E-state index in [-0.39, 0.29) is 24.8 Å². The lowest BCUT2D eigenvalue weighted by Gasteiger charge is -2.29. The highest BCUT2D eigenvalue weighted by atomic mass is 16.5. The number of nitrogens with one attached hydrogen (secondary N) is 1. The molecule has 0 radical (unpaired) electrons. The number of carbonyl (C=O) groups is 3. The second-order valence-electron chi connectivity index (χ2n) is 7.58. The summed E-state index contributed by atoms with van der Waals surface area (Å²) < 4.78 is 5.56. The fourth-order valence-electron chi connectivity index (χ4n) is 3.80. The van der Waals surface area contributed by atoms with Gasteiger partial charge in [0.25, 0.3) is 5.91 Å². The topological polar surface area (TPSA) is 95.9 Å². The number of ether oxygens (including phenoxy) is 1. The maximum atomic E-state index is 12.8. The second-order valence-corrected chi connectivity index (χ2v) is 7.58. The number of rotatable bonds is 9. The Hall–Kier alpha value is -2.69. The molecule has 1 fully saturated rings. The minimum atomic E-state index is -0.621. The third kappa shape index (κ3) is 5.47. The van der Waals surface area contributed by atoms with Crippen molar-refractivity contribution in [1.29, 1.82) is 0 Å². The average Bonchev–Trinajstić information content (AvgIpc) is 3.07. The first-order chi connectivity index (χ1) is 14.6. The highest BCUT2D eigenvalue weighted by molar-refractivity contribution is 6.05. The van der Waals surface area contributed by atoms with Crippen LogP contribution in [-0.4, -0.2) is 53.6 Å². The van der Waals surface area contributed by atoms with E-state index >= 15 is 0 Å². The van der Waals surface area contributed by atoms with Crippen molar-refractivity contribution in [2.24, 2.45) is 0 Å². The Morgan fingerprint density at radius 1 is 1.13 bits per heavy atom. The quantitative estimate of drug-likeness (QED) is 0.366. The van der Waals surface area contributed by atoms with E-state index in [1.807, 2.05) is 6.07 Å². The van der Waals surface area contributed by atoms with Crippen LogP contribution in [0.3, 0.4) is 0 Å². The minimum Gasteiger partial charge on any atom is -0.396 e. The number of imide groups is 1. The van der Waals surface area contributed by atoms with Gasteiger partial charge in [-0.25, -0.2) is 0 Å². The molecule has 30 heavy (non-hydrogen) atoms. The van der Waals surface area contributed by atoms with Crippen LogP contribution < -0.4 is 5.32 Å². The van der Waals surface area contributed by atoms with Crippen LogP contribution in [0.1, 0.15) is 66.4 Å². The molecule has 160 valence electrons. The van der Waals surface area contributed by atoms with Crippen LogP contribution in [0.25, 0.3) is 0 Å². The Morgan fingerprint density at radius 3 is 2.73 bits per heavy atom. The monoisotopic (exact) mass is 412 g/mol. The third-order valence-electron chi connectivity index (χ3n) is 5.43. The van der Waals surface area contributed by atoms with Crippen molar-refractivity contribution in [1.82, 2.24) is 10.2 Å². The van der Waals surface area contributed by atoms with Crippen LogP contribution in [0.4, 0.5) is 0 Å². The summed E-state index contributed by atoms with van der Waals surface area (Å²) in [6, 6.07) is 4.79. The van der Waals surface area contributed by atoms with Crippen LogP contribution in [0.2, 0.25) is 0 Å². The molecule has 7 heteroatoms. The summed E-state index contributed by atoms with van der Waals surface area (Å²) in [5.74, 6) is 5.20. The summed E-state index contributed by atoms with van der Waals surface area (Å²) >= 11 is 0. The van der Waals surface area contributed by atoms with Gasteiger partial charge in [0.1, 0.15) is 12.6 Å². The zero-order chi connectivity index (χ0) is 21.3. The zero-order valence-electron chi connectivity index (χ0n) is 17.1. The highest BCUT2D eigenvalue weighted by Gasteiger charge is 2.39. The van der Waals surface area contributed by atoms with E-state index in [0.29, 0.717) is 31.7 Å². The van der Waals surface area contributed by atoms with Crippen molar-refractivity contribution < 1.29 is 24.2 Å². The van der Waals surface area contributed by atoms with Gasteiger partial charge < -0.3 is 14.7 Å². The highest BCUT2D eigenvalue weighted by Crippen LogP contribution is 2.29. The Labute approximate surface area is 176 Å². The van der Waals surface area contributed by atoms with E-state index in [9.17, 15) is 14.4 Å². The van der Waals surface area contributed by atoms with Crippen molar-refractivity contribution in [3.63, 3.8) is 0 Å². The molecule has 1 aromatic carbocycles. The van der Waals surface area contributed by atoms with Gasteiger partial charge in [-0.2, -0.15) is 0 Å². The van der Waals surface area contributed by atoms with Crippen LogP contribution in [-0.2, 0) is 20.9 Å². The smallest absolute Gasteiger partial charge is 0.255 e. The molecule has 0 aromatic heterocycles. The number of carbonyl (C=O) groups excluding carboxylic acids is 3. The predicted molar refractivity (Wildman–Crippen MR) is 110 cm³/mol. The molecule has 0 aliphatic carbocycles.